The van der Waals surface area contributed by atoms with E-state index in [0.29, 0.717) is 12.8 Å². The maximum absolute atomic E-state index is 12.9. The maximum atomic E-state index is 12.9. The molecular formula is C13H24F2O. The van der Waals surface area contributed by atoms with Gasteiger partial charge in [0, 0.05) is 12.8 Å². The fourth-order valence-corrected chi connectivity index (χ4v) is 2.26. The van der Waals surface area contributed by atoms with Crippen LogP contribution in [0.5, 0.6) is 0 Å². The van der Waals surface area contributed by atoms with Crippen LogP contribution in [0.2, 0.25) is 0 Å². The lowest BCUT2D eigenvalue weighted by molar-refractivity contribution is -0.0639. The molecule has 96 valence electrons. The summed E-state index contributed by atoms with van der Waals surface area (Å²) in [6.07, 6.45) is 2.13. The Bertz CT molecular complexity index is 210. The minimum absolute atomic E-state index is 0.0513. The highest BCUT2D eigenvalue weighted by atomic mass is 19.3. The second-order valence-electron chi connectivity index (χ2n) is 6.36. The Morgan fingerprint density at radius 3 is 2.19 bits per heavy atom. The lowest BCUT2D eigenvalue weighted by Crippen LogP contribution is -2.31. The monoisotopic (exact) mass is 234 g/mol. The predicted octanol–water partition coefficient (Wildman–Crippen LogP) is 4.00. The van der Waals surface area contributed by atoms with Crippen LogP contribution in [0.3, 0.4) is 0 Å². The van der Waals surface area contributed by atoms with Crippen LogP contribution in [-0.4, -0.2) is 17.1 Å². The molecule has 1 atom stereocenters. The summed E-state index contributed by atoms with van der Waals surface area (Å²) < 4.78 is 25.9. The number of rotatable bonds is 3. The Hall–Kier alpha value is -0.180. The topological polar surface area (TPSA) is 20.2 Å². The van der Waals surface area contributed by atoms with Crippen molar-refractivity contribution in [3.63, 3.8) is 0 Å². The molecule has 0 bridgehead atoms. The molecule has 0 aliphatic heterocycles. The van der Waals surface area contributed by atoms with E-state index in [9.17, 15) is 13.9 Å². The van der Waals surface area contributed by atoms with Crippen molar-refractivity contribution in [2.24, 2.45) is 11.3 Å². The van der Waals surface area contributed by atoms with Crippen molar-refractivity contribution in [1.82, 2.24) is 0 Å². The molecule has 0 amide bonds. The van der Waals surface area contributed by atoms with E-state index in [1.165, 1.54) is 0 Å². The van der Waals surface area contributed by atoms with Crippen molar-refractivity contribution in [1.29, 1.82) is 0 Å². The molecule has 0 aromatic heterocycles. The Balaban J connectivity index is 2.31. The molecule has 3 heteroatoms. The van der Waals surface area contributed by atoms with E-state index in [4.69, 9.17) is 0 Å². The molecule has 1 rings (SSSR count). The summed E-state index contributed by atoms with van der Waals surface area (Å²) in [5, 5.41) is 9.96. The van der Waals surface area contributed by atoms with Crippen LogP contribution in [0.15, 0.2) is 0 Å². The largest absolute Gasteiger partial charge is 0.393 e. The minimum atomic E-state index is -2.49. The summed E-state index contributed by atoms with van der Waals surface area (Å²) in [5.74, 6) is -2.40. The van der Waals surface area contributed by atoms with Crippen LogP contribution in [0.25, 0.3) is 0 Å². The molecule has 0 aromatic rings. The van der Waals surface area contributed by atoms with Crippen molar-refractivity contribution in [2.75, 3.05) is 0 Å². The molecule has 1 nitrogen and oxygen atoms in total. The number of halogens is 2. The fraction of sp³-hybridized carbons (Fsp3) is 1.00. The summed E-state index contributed by atoms with van der Waals surface area (Å²) in [6.45, 7) is 6.40. The highest BCUT2D eigenvalue weighted by Crippen LogP contribution is 2.38. The Morgan fingerprint density at radius 1 is 1.25 bits per heavy atom. The van der Waals surface area contributed by atoms with Gasteiger partial charge in [-0.1, -0.05) is 20.8 Å². The molecule has 0 spiro atoms. The van der Waals surface area contributed by atoms with E-state index in [2.05, 4.69) is 20.8 Å². The fourth-order valence-electron chi connectivity index (χ4n) is 2.26. The van der Waals surface area contributed by atoms with E-state index in [-0.39, 0.29) is 24.2 Å². The number of aliphatic hydroxyl groups is 1. The second-order valence-corrected chi connectivity index (χ2v) is 6.36. The first kappa shape index (κ1) is 13.9. The number of hydrogen-bond donors (Lipinski definition) is 1. The maximum Gasteiger partial charge on any atom is 0.248 e. The van der Waals surface area contributed by atoms with Gasteiger partial charge in [-0.3, -0.25) is 0 Å². The van der Waals surface area contributed by atoms with Gasteiger partial charge in [0.1, 0.15) is 0 Å². The highest BCUT2D eigenvalue weighted by Gasteiger charge is 2.37. The van der Waals surface area contributed by atoms with Gasteiger partial charge in [-0.2, -0.15) is 0 Å². The Morgan fingerprint density at radius 2 is 1.75 bits per heavy atom. The first-order chi connectivity index (χ1) is 7.20. The third-order valence-electron chi connectivity index (χ3n) is 3.50. The molecule has 1 N–H and O–H groups in total. The number of aliphatic hydroxyl groups excluding tert-OH is 1. The van der Waals surface area contributed by atoms with Crippen molar-refractivity contribution in [2.45, 2.75) is 71.3 Å². The van der Waals surface area contributed by atoms with Gasteiger partial charge in [0.05, 0.1) is 6.10 Å². The van der Waals surface area contributed by atoms with Crippen molar-refractivity contribution in [3.8, 4) is 0 Å². The molecule has 1 aliphatic carbocycles. The molecule has 0 aromatic carbocycles. The predicted molar refractivity (Wildman–Crippen MR) is 61.6 cm³/mol. The summed E-state index contributed by atoms with van der Waals surface area (Å²) in [7, 11) is 0. The summed E-state index contributed by atoms with van der Waals surface area (Å²) in [5.41, 5.74) is 0.208. The lowest BCUT2D eigenvalue weighted by atomic mass is 9.79. The average Bonchev–Trinajstić information content (AvgIpc) is 2.13. The number of alkyl halides is 2. The molecule has 1 unspecified atom stereocenters. The van der Waals surface area contributed by atoms with Gasteiger partial charge < -0.3 is 5.11 Å². The molecule has 1 aliphatic rings. The molecular weight excluding hydrogens is 210 g/mol. The van der Waals surface area contributed by atoms with Crippen molar-refractivity contribution in [3.05, 3.63) is 0 Å². The van der Waals surface area contributed by atoms with Gasteiger partial charge in [-0.25, -0.2) is 8.78 Å². The van der Waals surface area contributed by atoms with E-state index in [1.807, 2.05) is 0 Å². The Labute approximate surface area is 97.2 Å². The van der Waals surface area contributed by atoms with Crippen LogP contribution in [0.4, 0.5) is 8.78 Å². The highest BCUT2D eigenvalue weighted by molar-refractivity contribution is 4.82. The molecule has 1 saturated carbocycles. The zero-order valence-corrected chi connectivity index (χ0v) is 10.6. The quantitative estimate of drug-likeness (QED) is 0.782. The minimum Gasteiger partial charge on any atom is -0.393 e. The van der Waals surface area contributed by atoms with Crippen LogP contribution in [0, 0.1) is 11.3 Å². The Kier molecular flexibility index (Phi) is 4.33. The molecule has 1 fully saturated rings. The smallest absolute Gasteiger partial charge is 0.248 e. The average molecular weight is 234 g/mol. The van der Waals surface area contributed by atoms with E-state index in [0.717, 1.165) is 12.8 Å². The van der Waals surface area contributed by atoms with Crippen LogP contribution in [0.1, 0.15) is 59.3 Å². The van der Waals surface area contributed by atoms with Crippen LogP contribution < -0.4 is 0 Å². The normalized spacial score (nSPS) is 24.4. The zero-order chi connectivity index (χ0) is 12.4. The lowest BCUT2D eigenvalue weighted by Gasteiger charge is -2.32. The number of hydrogen-bond acceptors (Lipinski definition) is 1. The molecule has 0 radical (unpaired) electrons. The molecule has 0 saturated heterocycles. The van der Waals surface area contributed by atoms with Gasteiger partial charge in [0.2, 0.25) is 5.92 Å². The van der Waals surface area contributed by atoms with E-state index in [1.54, 1.807) is 0 Å². The SMILES string of the molecule is CC(C)(C)CCC(O)C1CCC(F)(F)CC1. The molecule has 16 heavy (non-hydrogen) atoms. The van der Waals surface area contributed by atoms with Gasteiger partial charge in [-0.15, -0.1) is 0 Å². The third-order valence-corrected chi connectivity index (χ3v) is 3.50. The van der Waals surface area contributed by atoms with Crippen molar-refractivity contribution >= 4 is 0 Å². The molecule has 0 heterocycles. The summed E-state index contributed by atoms with van der Waals surface area (Å²) in [4.78, 5) is 0. The summed E-state index contributed by atoms with van der Waals surface area (Å²) >= 11 is 0. The van der Waals surface area contributed by atoms with Gasteiger partial charge in [0.15, 0.2) is 0 Å². The van der Waals surface area contributed by atoms with Crippen LogP contribution >= 0.6 is 0 Å². The van der Waals surface area contributed by atoms with Gasteiger partial charge >= 0.3 is 0 Å². The van der Waals surface area contributed by atoms with Crippen LogP contribution in [-0.2, 0) is 0 Å². The first-order valence-electron chi connectivity index (χ1n) is 6.25. The summed E-state index contributed by atoms with van der Waals surface area (Å²) in [6, 6.07) is 0. The van der Waals surface area contributed by atoms with E-state index >= 15 is 0 Å². The van der Waals surface area contributed by atoms with Gasteiger partial charge in [0.25, 0.3) is 0 Å². The van der Waals surface area contributed by atoms with Gasteiger partial charge in [-0.05, 0) is 37.0 Å². The zero-order valence-electron chi connectivity index (χ0n) is 10.6. The standard InChI is InChI=1S/C13H24F2O/c1-12(2,3)7-6-11(16)10-4-8-13(14,15)9-5-10/h10-11,16H,4-9H2,1-3H3. The van der Waals surface area contributed by atoms with E-state index < -0.39 is 12.0 Å². The second kappa shape index (κ2) is 4.99. The third kappa shape index (κ3) is 4.77. The van der Waals surface area contributed by atoms with Crippen molar-refractivity contribution < 1.29 is 13.9 Å². The first-order valence-corrected chi connectivity index (χ1v) is 6.25.